The molecule has 1 rings (SSSR count). The monoisotopic (exact) mass is 211 g/mol. The number of nitrogens with two attached hydrogens (primary N) is 1. The second-order valence-electron chi connectivity index (χ2n) is 3.09. The number of ether oxygens (including phenoxy) is 2. The van der Waals surface area contributed by atoms with Gasteiger partial charge in [0, 0.05) is 6.54 Å². The minimum absolute atomic E-state index is 0.192. The molecule has 0 fully saturated rings. The topological polar surface area (TPSA) is 64.7 Å². The van der Waals surface area contributed by atoms with E-state index < -0.39 is 6.10 Å². The third-order valence-electron chi connectivity index (χ3n) is 2.10. The Balaban J connectivity index is 2.98. The molecular formula is C11H17NO3. The molecule has 0 radical (unpaired) electrons. The van der Waals surface area contributed by atoms with Gasteiger partial charge in [-0.15, -0.1) is 0 Å². The van der Waals surface area contributed by atoms with E-state index in [0.717, 1.165) is 5.56 Å². The van der Waals surface area contributed by atoms with Crippen LogP contribution in [0.4, 0.5) is 0 Å². The van der Waals surface area contributed by atoms with Crippen molar-refractivity contribution in [1.82, 2.24) is 0 Å². The fourth-order valence-electron chi connectivity index (χ4n) is 1.30. The standard InChI is InChI=1S/C11H17NO3/c1-3-15-11-6-8(9(13)7-12)4-5-10(11)14-2/h4-6,9,13H,3,7,12H2,1-2H3/t9-/m1/s1. The quantitative estimate of drug-likeness (QED) is 0.765. The molecule has 1 aromatic rings. The fourth-order valence-corrected chi connectivity index (χ4v) is 1.30. The molecule has 0 unspecified atom stereocenters. The second kappa shape index (κ2) is 5.58. The van der Waals surface area contributed by atoms with Crippen LogP contribution in [0.3, 0.4) is 0 Å². The van der Waals surface area contributed by atoms with E-state index in [1.807, 2.05) is 6.92 Å². The van der Waals surface area contributed by atoms with Crippen molar-refractivity contribution < 1.29 is 14.6 Å². The van der Waals surface area contributed by atoms with Crippen LogP contribution in [0.15, 0.2) is 18.2 Å². The molecule has 0 heterocycles. The van der Waals surface area contributed by atoms with Crippen LogP contribution in [0.2, 0.25) is 0 Å². The van der Waals surface area contributed by atoms with Crippen molar-refractivity contribution in [2.75, 3.05) is 20.3 Å². The first-order chi connectivity index (χ1) is 7.22. The second-order valence-corrected chi connectivity index (χ2v) is 3.09. The first-order valence-corrected chi connectivity index (χ1v) is 4.91. The molecule has 0 bridgehead atoms. The van der Waals surface area contributed by atoms with Gasteiger partial charge in [-0.1, -0.05) is 6.07 Å². The largest absolute Gasteiger partial charge is 0.493 e. The molecule has 3 N–H and O–H groups in total. The van der Waals surface area contributed by atoms with Gasteiger partial charge in [0.2, 0.25) is 0 Å². The van der Waals surface area contributed by atoms with Crippen LogP contribution in [0.1, 0.15) is 18.6 Å². The minimum atomic E-state index is -0.657. The fraction of sp³-hybridized carbons (Fsp3) is 0.455. The average molecular weight is 211 g/mol. The highest BCUT2D eigenvalue weighted by Gasteiger charge is 2.10. The molecule has 0 amide bonds. The predicted molar refractivity (Wildman–Crippen MR) is 58.2 cm³/mol. The Morgan fingerprint density at radius 3 is 2.67 bits per heavy atom. The summed E-state index contributed by atoms with van der Waals surface area (Å²) in [6.45, 7) is 2.64. The Bertz CT molecular complexity index is 315. The SMILES string of the molecule is CCOc1cc([C@H](O)CN)ccc1OC. The third-order valence-corrected chi connectivity index (χ3v) is 2.10. The Morgan fingerprint density at radius 1 is 1.40 bits per heavy atom. The Kier molecular flexibility index (Phi) is 4.39. The van der Waals surface area contributed by atoms with Crippen molar-refractivity contribution >= 4 is 0 Å². The van der Waals surface area contributed by atoms with Crippen LogP contribution in [0.5, 0.6) is 11.5 Å². The van der Waals surface area contributed by atoms with Gasteiger partial charge in [0.1, 0.15) is 0 Å². The van der Waals surface area contributed by atoms with Gasteiger partial charge >= 0.3 is 0 Å². The zero-order chi connectivity index (χ0) is 11.3. The van der Waals surface area contributed by atoms with E-state index >= 15 is 0 Å². The molecule has 0 aliphatic rings. The summed E-state index contributed by atoms with van der Waals surface area (Å²) in [4.78, 5) is 0. The normalized spacial score (nSPS) is 12.3. The van der Waals surface area contributed by atoms with Crippen molar-refractivity contribution in [1.29, 1.82) is 0 Å². The summed E-state index contributed by atoms with van der Waals surface area (Å²) in [5, 5.41) is 9.56. The predicted octanol–water partition coefficient (Wildman–Crippen LogP) is 1.09. The lowest BCUT2D eigenvalue weighted by atomic mass is 10.1. The zero-order valence-corrected chi connectivity index (χ0v) is 9.06. The van der Waals surface area contributed by atoms with E-state index in [1.54, 1.807) is 25.3 Å². The molecule has 15 heavy (non-hydrogen) atoms. The summed E-state index contributed by atoms with van der Waals surface area (Å²) in [5.41, 5.74) is 6.11. The van der Waals surface area contributed by atoms with Crippen LogP contribution in [0, 0.1) is 0 Å². The van der Waals surface area contributed by atoms with Gasteiger partial charge in [-0.25, -0.2) is 0 Å². The first-order valence-electron chi connectivity index (χ1n) is 4.91. The van der Waals surface area contributed by atoms with Crippen LogP contribution in [-0.2, 0) is 0 Å². The average Bonchev–Trinajstić information content (AvgIpc) is 2.28. The molecule has 0 saturated carbocycles. The maximum atomic E-state index is 9.56. The summed E-state index contributed by atoms with van der Waals surface area (Å²) >= 11 is 0. The number of aliphatic hydroxyl groups excluding tert-OH is 1. The summed E-state index contributed by atoms with van der Waals surface area (Å²) in [5.74, 6) is 1.29. The van der Waals surface area contributed by atoms with Crippen LogP contribution in [0.25, 0.3) is 0 Å². The smallest absolute Gasteiger partial charge is 0.161 e. The molecule has 0 spiro atoms. The molecule has 0 aromatic heterocycles. The van der Waals surface area contributed by atoms with Gasteiger partial charge in [-0.2, -0.15) is 0 Å². The lowest BCUT2D eigenvalue weighted by Gasteiger charge is -2.13. The van der Waals surface area contributed by atoms with Gasteiger partial charge in [0.15, 0.2) is 11.5 Å². The molecule has 4 heteroatoms. The van der Waals surface area contributed by atoms with E-state index in [2.05, 4.69) is 0 Å². The van der Waals surface area contributed by atoms with Crippen LogP contribution >= 0.6 is 0 Å². The first kappa shape index (κ1) is 11.8. The molecule has 0 saturated heterocycles. The number of methoxy groups -OCH3 is 1. The van der Waals surface area contributed by atoms with Crippen molar-refractivity contribution in [3.63, 3.8) is 0 Å². The maximum Gasteiger partial charge on any atom is 0.161 e. The lowest BCUT2D eigenvalue weighted by molar-refractivity contribution is 0.186. The maximum absolute atomic E-state index is 9.56. The van der Waals surface area contributed by atoms with Gasteiger partial charge in [0.05, 0.1) is 19.8 Å². The van der Waals surface area contributed by atoms with E-state index in [-0.39, 0.29) is 6.54 Å². The summed E-state index contributed by atoms with van der Waals surface area (Å²) in [7, 11) is 1.58. The van der Waals surface area contributed by atoms with E-state index in [0.29, 0.717) is 18.1 Å². The number of rotatable bonds is 5. The van der Waals surface area contributed by atoms with E-state index in [9.17, 15) is 5.11 Å². The zero-order valence-electron chi connectivity index (χ0n) is 9.06. The molecule has 1 aromatic carbocycles. The van der Waals surface area contributed by atoms with Crippen molar-refractivity contribution in [3.8, 4) is 11.5 Å². The Hall–Kier alpha value is -1.26. The summed E-state index contributed by atoms with van der Waals surface area (Å²) < 4.78 is 10.5. The van der Waals surface area contributed by atoms with Crippen molar-refractivity contribution in [3.05, 3.63) is 23.8 Å². The van der Waals surface area contributed by atoms with Crippen molar-refractivity contribution in [2.45, 2.75) is 13.0 Å². The van der Waals surface area contributed by atoms with E-state index in [4.69, 9.17) is 15.2 Å². The Labute approximate surface area is 89.6 Å². The summed E-state index contributed by atoms with van der Waals surface area (Å²) in [6, 6.07) is 5.29. The van der Waals surface area contributed by atoms with Gasteiger partial charge < -0.3 is 20.3 Å². The van der Waals surface area contributed by atoms with E-state index in [1.165, 1.54) is 0 Å². The van der Waals surface area contributed by atoms with Crippen LogP contribution in [-0.4, -0.2) is 25.4 Å². The number of aliphatic hydroxyl groups is 1. The van der Waals surface area contributed by atoms with Gasteiger partial charge in [-0.05, 0) is 24.6 Å². The van der Waals surface area contributed by atoms with Crippen molar-refractivity contribution in [2.24, 2.45) is 5.73 Å². The highest BCUT2D eigenvalue weighted by atomic mass is 16.5. The number of hydrogen-bond acceptors (Lipinski definition) is 4. The molecule has 0 aliphatic heterocycles. The van der Waals surface area contributed by atoms with Crippen LogP contribution < -0.4 is 15.2 Å². The molecule has 0 aliphatic carbocycles. The lowest BCUT2D eigenvalue weighted by Crippen LogP contribution is -2.11. The summed E-state index contributed by atoms with van der Waals surface area (Å²) in [6.07, 6.45) is -0.657. The van der Waals surface area contributed by atoms with Gasteiger partial charge in [0.25, 0.3) is 0 Å². The number of benzene rings is 1. The third kappa shape index (κ3) is 2.84. The minimum Gasteiger partial charge on any atom is -0.493 e. The molecule has 84 valence electrons. The molecular weight excluding hydrogens is 194 g/mol. The molecule has 1 atom stereocenters. The highest BCUT2D eigenvalue weighted by Crippen LogP contribution is 2.29. The molecule has 4 nitrogen and oxygen atoms in total. The Morgan fingerprint density at radius 2 is 2.13 bits per heavy atom. The number of hydrogen-bond donors (Lipinski definition) is 2. The van der Waals surface area contributed by atoms with Gasteiger partial charge in [-0.3, -0.25) is 0 Å². The highest BCUT2D eigenvalue weighted by molar-refractivity contribution is 5.43.